The number of benzene rings is 1. The number of fused-ring (bicyclic) bond motifs is 1. The van der Waals surface area contributed by atoms with Crippen LogP contribution < -0.4 is 0 Å². The first-order valence-electron chi connectivity index (χ1n) is 8.82. The minimum absolute atomic E-state index is 0.129. The van der Waals surface area contributed by atoms with Crippen LogP contribution in [0, 0.1) is 0 Å². The van der Waals surface area contributed by atoms with Crippen LogP contribution in [0.15, 0.2) is 60.9 Å². The number of rotatable bonds is 2. The molecule has 1 aliphatic rings. The largest absolute Gasteiger partial charge is 0.338 e. The van der Waals surface area contributed by atoms with Crippen molar-refractivity contribution in [3.05, 3.63) is 77.1 Å². The Hall–Kier alpha value is -2.26. The maximum absolute atomic E-state index is 13.0. The summed E-state index contributed by atoms with van der Waals surface area (Å²) in [5, 5.41) is 0.755. The SMILES string of the molecule is O=C(c1cc2ccccn2c1)N1CCCCC(c2ccc(Cl)cc2)C1. The number of halogens is 1. The second kappa shape index (κ2) is 6.93. The standard InChI is InChI=1S/C21H21ClN2O/c22-19-9-7-16(8-10-19)17-5-1-3-12-24(14-17)21(25)18-13-20-6-2-4-11-23(20)15-18/h2,4,6-11,13,15,17H,1,3,5,12,14H2. The molecular formula is C21H21ClN2O. The third-order valence-electron chi connectivity index (χ3n) is 5.05. The normalized spacial score (nSPS) is 18.3. The number of nitrogens with zero attached hydrogens (tertiary/aromatic N) is 2. The van der Waals surface area contributed by atoms with Crippen molar-refractivity contribution in [1.29, 1.82) is 0 Å². The number of hydrogen-bond donors (Lipinski definition) is 0. The van der Waals surface area contributed by atoms with Gasteiger partial charge in [-0.05, 0) is 48.7 Å². The second-order valence-corrected chi connectivity index (χ2v) is 7.19. The lowest BCUT2D eigenvalue weighted by Gasteiger charge is -2.24. The van der Waals surface area contributed by atoms with Gasteiger partial charge in [-0.2, -0.15) is 0 Å². The average Bonchev–Trinajstić information content (AvgIpc) is 2.92. The molecule has 4 rings (SSSR count). The molecule has 1 atom stereocenters. The summed E-state index contributed by atoms with van der Waals surface area (Å²) in [6.07, 6.45) is 7.23. The minimum atomic E-state index is 0.129. The van der Waals surface area contributed by atoms with Crippen molar-refractivity contribution in [2.75, 3.05) is 13.1 Å². The van der Waals surface area contributed by atoms with Gasteiger partial charge >= 0.3 is 0 Å². The van der Waals surface area contributed by atoms with E-state index in [4.69, 9.17) is 11.6 Å². The molecular weight excluding hydrogens is 332 g/mol. The van der Waals surface area contributed by atoms with Crippen molar-refractivity contribution in [1.82, 2.24) is 9.30 Å². The van der Waals surface area contributed by atoms with Gasteiger partial charge in [-0.15, -0.1) is 0 Å². The molecule has 25 heavy (non-hydrogen) atoms. The van der Waals surface area contributed by atoms with E-state index in [0.29, 0.717) is 5.92 Å². The molecule has 3 heterocycles. The average molecular weight is 353 g/mol. The van der Waals surface area contributed by atoms with Crippen molar-refractivity contribution < 1.29 is 4.79 Å². The Morgan fingerprint density at radius 3 is 2.72 bits per heavy atom. The van der Waals surface area contributed by atoms with E-state index in [9.17, 15) is 4.79 Å². The monoisotopic (exact) mass is 352 g/mol. The fraction of sp³-hybridized carbons (Fsp3) is 0.286. The van der Waals surface area contributed by atoms with Crippen molar-refractivity contribution in [2.45, 2.75) is 25.2 Å². The summed E-state index contributed by atoms with van der Waals surface area (Å²) < 4.78 is 2.00. The van der Waals surface area contributed by atoms with Gasteiger partial charge in [-0.1, -0.05) is 36.2 Å². The van der Waals surface area contributed by atoms with Crippen molar-refractivity contribution in [3.63, 3.8) is 0 Å². The van der Waals surface area contributed by atoms with E-state index in [1.165, 1.54) is 5.56 Å². The van der Waals surface area contributed by atoms with E-state index >= 15 is 0 Å². The van der Waals surface area contributed by atoms with Crippen molar-refractivity contribution >= 4 is 23.0 Å². The Morgan fingerprint density at radius 2 is 1.92 bits per heavy atom. The molecule has 128 valence electrons. The number of likely N-dealkylation sites (tertiary alicyclic amines) is 1. The van der Waals surface area contributed by atoms with Gasteiger partial charge in [0, 0.05) is 41.9 Å². The molecule has 1 aliphatic heterocycles. The van der Waals surface area contributed by atoms with Crippen LogP contribution in [0.5, 0.6) is 0 Å². The molecule has 0 saturated carbocycles. The van der Waals surface area contributed by atoms with Gasteiger partial charge in [-0.3, -0.25) is 4.79 Å². The van der Waals surface area contributed by atoms with Crippen LogP contribution in [0.3, 0.4) is 0 Å². The van der Waals surface area contributed by atoms with Crippen molar-refractivity contribution in [3.8, 4) is 0 Å². The molecule has 1 amide bonds. The highest BCUT2D eigenvalue weighted by Gasteiger charge is 2.24. The van der Waals surface area contributed by atoms with E-state index in [1.807, 2.05) is 58.1 Å². The summed E-state index contributed by atoms with van der Waals surface area (Å²) in [4.78, 5) is 15.1. The maximum atomic E-state index is 13.0. The van der Waals surface area contributed by atoms with E-state index in [-0.39, 0.29) is 5.91 Å². The molecule has 0 radical (unpaired) electrons. The second-order valence-electron chi connectivity index (χ2n) is 6.76. The van der Waals surface area contributed by atoms with Gasteiger partial charge in [0.25, 0.3) is 5.91 Å². The van der Waals surface area contributed by atoms with Crippen LogP contribution in [0.1, 0.15) is 41.1 Å². The topological polar surface area (TPSA) is 24.7 Å². The number of pyridine rings is 1. The highest BCUT2D eigenvalue weighted by atomic mass is 35.5. The number of hydrogen-bond acceptors (Lipinski definition) is 1. The Balaban J connectivity index is 1.57. The molecule has 4 heteroatoms. The van der Waals surface area contributed by atoms with E-state index < -0.39 is 0 Å². The summed E-state index contributed by atoms with van der Waals surface area (Å²) >= 11 is 6.01. The van der Waals surface area contributed by atoms with E-state index in [0.717, 1.165) is 48.5 Å². The summed E-state index contributed by atoms with van der Waals surface area (Å²) in [6.45, 7) is 1.60. The molecule has 1 fully saturated rings. The number of carbonyl (C=O) groups is 1. The molecule has 1 saturated heterocycles. The number of carbonyl (C=O) groups excluding carboxylic acids is 1. The molecule has 0 aliphatic carbocycles. The van der Waals surface area contributed by atoms with E-state index in [2.05, 4.69) is 12.1 Å². The molecule has 1 aromatic carbocycles. The summed E-state index contributed by atoms with van der Waals surface area (Å²) in [5.41, 5.74) is 3.09. The smallest absolute Gasteiger partial charge is 0.255 e. The van der Waals surface area contributed by atoms with Crippen LogP contribution in [0.25, 0.3) is 5.52 Å². The van der Waals surface area contributed by atoms with Gasteiger partial charge in [0.15, 0.2) is 0 Å². The molecule has 3 nitrogen and oxygen atoms in total. The van der Waals surface area contributed by atoms with Gasteiger partial charge < -0.3 is 9.30 Å². The summed E-state index contributed by atoms with van der Waals surface area (Å²) in [6, 6.07) is 16.0. The number of amides is 1. The van der Waals surface area contributed by atoms with Gasteiger partial charge in [-0.25, -0.2) is 0 Å². The predicted molar refractivity (Wildman–Crippen MR) is 101 cm³/mol. The molecule has 0 bridgehead atoms. The summed E-state index contributed by atoms with van der Waals surface area (Å²) in [7, 11) is 0. The lowest BCUT2D eigenvalue weighted by Crippen LogP contribution is -2.33. The maximum Gasteiger partial charge on any atom is 0.255 e. The minimum Gasteiger partial charge on any atom is -0.338 e. The third kappa shape index (κ3) is 3.42. The zero-order chi connectivity index (χ0) is 17.2. The van der Waals surface area contributed by atoms with Crippen LogP contribution in [0.2, 0.25) is 5.02 Å². The van der Waals surface area contributed by atoms with Crippen LogP contribution in [-0.2, 0) is 0 Å². The Labute approximate surface area is 152 Å². The number of aromatic nitrogens is 1. The first-order valence-corrected chi connectivity index (χ1v) is 9.20. The fourth-order valence-corrected chi connectivity index (χ4v) is 3.81. The lowest BCUT2D eigenvalue weighted by atomic mass is 9.94. The summed E-state index contributed by atoms with van der Waals surface area (Å²) in [5.74, 6) is 0.505. The molecule has 2 aromatic heterocycles. The van der Waals surface area contributed by atoms with Gasteiger partial charge in [0.05, 0.1) is 5.56 Å². The molecule has 0 spiro atoms. The van der Waals surface area contributed by atoms with Crippen LogP contribution in [-0.4, -0.2) is 28.3 Å². The Morgan fingerprint density at radius 1 is 1.08 bits per heavy atom. The highest BCUT2D eigenvalue weighted by Crippen LogP contribution is 2.28. The quantitative estimate of drug-likeness (QED) is 0.636. The molecule has 0 N–H and O–H groups in total. The third-order valence-corrected chi connectivity index (χ3v) is 5.30. The van der Waals surface area contributed by atoms with Gasteiger partial charge in [0.1, 0.15) is 0 Å². The highest BCUT2D eigenvalue weighted by molar-refractivity contribution is 6.30. The van der Waals surface area contributed by atoms with Gasteiger partial charge in [0.2, 0.25) is 0 Å². The Kier molecular flexibility index (Phi) is 4.50. The first-order chi connectivity index (χ1) is 12.2. The van der Waals surface area contributed by atoms with Crippen LogP contribution in [0.4, 0.5) is 0 Å². The molecule has 1 unspecified atom stereocenters. The van der Waals surface area contributed by atoms with E-state index in [1.54, 1.807) is 0 Å². The Bertz CT molecular complexity index is 851. The predicted octanol–water partition coefficient (Wildman–Crippen LogP) is 5.00. The molecule has 3 aromatic rings. The zero-order valence-corrected chi connectivity index (χ0v) is 14.8. The zero-order valence-electron chi connectivity index (χ0n) is 14.1. The van der Waals surface area contributed by atoms with Crippen LogP contribution >= 0.6 is 11.6 Å². The fourth-order valence-electron chi connectivity index (χ4n) is 3.69. The van der Waals surface area contributed by atoms with Crippen molar-refractivity contribution in [2.24, 2.45) is 0 Å². The lowest BCUT2D eigenvalue weighted by molar-refractivity contribution is 0.0754. The first kappa shape index (κ1) is 16.2.